The van der Waals surface area contributed by atoms with Crippen molar-refractivity contribution in [2.75, 3.05) is 13.7 Å². The molecule has 152 valence electrons. The van der Waals surface area contributed by atoms with Crippen molar-refractivity contribution >= 4 is 5.91 Å². The second kappa shape index (κ2) is 8.50. The van der Waals surface area contributed by atoms with E-state index in [1.54, 1.807) is 6.07 Å². The molecule has 0 fully saturated rings. The Morgan fingerprint density at radius 3 is 2.39 bits per heavy atom. The van der Waals surface area contributed by atoms with Crippen LogP contribution in [0, 0.1) is 0 Å². The Bertz CT molecular complexity index is 813. The Balaban J connectivity index is 2.00. The first-order chi connectivity index (χ1) is 13.0. The lowest BCUT2D eigenvalue weighted by Gasteiger charge is -2.20. The Labute approximate surface area is 161 Å². The van der Waals surface area contributed by atoms with E-state index >= 15 is 0 Å². The zero-order valence-corrected chi connectivity index (χ0v) is 16.2. The molecule has 0 aliphatic carbocycles. The van der Waals surface area contributed by atoms with Gasteiger partial charge in [-0.15, -0.1) is 0 Å². The van der Waals surface area contributed by atoms with E-state index in [4.69, 9.17) is 4.74 Å². The van der Waals surface area contributed by atoms with E-state index in [9.17, 15) is 18.0 Å². The standard InChI is InChI=1S/C20H23F3N2O3/c1-19(2,3)13-5-8-16(17(9-13)27-4)18(26)25-10-14-6-7-15(11-24-14)28-12-20(21,22)23/h5-9,11H,10,12H2,1-4H3,(H,25,26). The maximum absolute atomic E-state index is 12.5. The molecule has 1 heterocycles. The minimum Gasteiger partial charge on any atom is -0.496 e. The van der Waals surface area contributed by atoms with Gasteiger partial charge in [0, 0.05) is 0 Å². The van der Waals surface area contributed by atoms with Gasteiger partial charge < -0.3 is 14.8 Å². The highest BCUT2D eigenvalue weighted by molar-refractivity contribution is 5.97. The molecule has 0 unspecified atom stereocenters. The molecule has 5 nitrogen and oxygen atoms in total. The van der Waals surface area contributed by atoms with Crippen LogP contribution in [0.5, 0.6) is 11.5 Å². The summed E-state index contributed by atoms with van der Waals surface area (Å²) in [6.45, 7) is 4.93. The normalized spacial score (nSPS) is 11.8. The number of methoxy groups -OCH3 is 1. The van der Waals surface area contributed by atoms with Crippen molar-refractivity contribution in [3.8, 4) is 11.5 Å². The molecule has 1 aromatic heterocycles. The minimum absolute atomic E-state index is 0.00633. The molecule has 2 aromatic rings. The van der Waals surface area contributed by atoms with Crippen molar-refractivity contribution in [1.29, 1.82) is 0 Å². The fourth-order valence-electron chi connectivity index (χ4n) is 2.38. The largest absolute Gasteiger partial charge is 0.496 e. The molecule has 0 bridgehead atoms. The summed E-state index contributed by atoms with van der Waals surface area (Å²) in [7, 11) is 1.50. The van der Waals surface area contributed by atoms with Gasteiger partial charge in [0.25, 0.3) is 5.91 Å². The van der Waals surface area contributed by atoms with E-state index in [2.05, 4.69) is 35.8 Å². The van der Waals surface area contributed by atoms with Gasteiger partial charge in [-0.05, 0) is 35.2 Å². The molecule has 0 saturated carbocycles. The monoisotopic (exact) mass is 396 g/mol. The highest BCUT2D eigenvalue weighted by Gasteiger charge is 2.28. The van der Waals surface area contributed by atoms with Gasteiger partial charge in [-0.1, -0.05) is 26.8 Å². The third kappa shape index (κ3) is 6.14. The van der Waals surface area contributed by atoms with Crippen LogP contribution in [0.1, 0.15) is 42.4 Å². The van der Waals surface area contributed by atoms with Crippen LogP contribution in [0.2, 0.25) is 0 Å². The number of carbonyl (C=O) groups excluding carboxylic acids is 1. The second-order valence-corrected chi connectivity index (χ2v) is 7.24. The van der Waals surface area contributed by atoms with E-state index in [-0.39, 0.29) is 23.6 Å². The number of hydrogen-bond acceptors (Lipinski definition) is 4. The first-order valence-corrected chi connectivity index (χ1v) is 8.61. The molecule has 8 heteroatoms. The molecule has 0 spiro atoms. The van der Waals surface area contributed by atoms with Gasteiger partial charge >= 0.3 is 6.18 Å². The molecule has 0 radical (unpaired) electrons. The lowest BCUT2D eigenvalue weighted by Crippen LogP contribution is -2.24. The molecule has 1 amide bonds. The number of nitrogens with zero attached hydrogens (tertiary/aromatic N) is 1. The minimum atomic E-state index is -4.41. The third-order valence-corrected chi connectivity index (χ3v) is 3.94. The molecule has 28 heavy (non-hydrogen) atoms. The smallest absolute Gasteiger partial charge is 0.422 e. The van der Waals surface area contributed by atoms with Crippen molar-refractivity contribution in [3.63, 3.8) is 0 Å². The van der Waals surface area contributed by atoms with Crippen LogP contribution in [-0.2, 0) is 12.0 Å². The molecule has 1 aromatic carbocycles. The second-order valence-electron chi connectivity index (χ2n) is 7.24. The molecular weight excluding hydrogens is 373 g/mol. The molecule has 1 N–H and O–H groups in total. The fraction of sp³-hybridized carbons (Fsp3) is 0.400. The van der Waals surface area contributed by atoms with Gasteiger partial charge in [-0.2, -0.15) is 13.2 Å². The van der Waals surface area contributed by atoms with E-state index in [0.29, 0.717) is 17.0 Å². The Hall–Kier alpha value is -2.77. The average molecular weight is 396 g/mol. The van der Waals surface area contributed by atoms with Gasteiger partial charge in [0.05, 0.1) is 31.1 Å². The maximum Gasteiger partial charge on any atom is 0.422 e. The summed E-state index contributed by atoms with van der Waals surface area (Å²) in [5, 5.41) is 2.72. The summed E-state index contributed by atoms with van der Waals surface area (Å²) in [6.07, 6.45) is -3.22. The van der Waals surface area contributed by atoms with Crippen molar-refractivity contribution in [1.82, 2.24) is 10.3 Å². The maximum atomic E-state index is 12.5. The Morgan fingerprint density at radius 1 is 1.14 bits per heavy atom. The number of benzene rings is 1. The van der Waals surface area contributed by atoms with Crippen molar-refractivity contribution in [3.05, 3.63) is 53.3 Å². The Morgan fingerprint density at radius 2 is 1.86 bits per heavy atom. The summed E-state index contributed by atoms with van der Waals surface area (Å²) in [4.78, 5) is 16.5. The number of aromatic nitrogens is 1. The molecular formula is C20H23F3N2O3. The number of halogens is 3. The summed E-state index contributed by atoms with van der Waals surface area (Å²) >= 11 is 0. The van der Waals surface area contributed by atoms with Gasteiger partial charge in [0.1, 0.15) is 11.5 Å². The quantitative estimate of drug-likeness (QED) is 0.793. The number of nitrogens with one attached hydrogen (secondary N) is 1. The average Bonchev–Trinajstić information content (AvgIpc) is 2.63. The van der Waals surface area contributed by atoms with Gasteiger partial charge in [0.2, 0.25) is 0 Å². The number of carbonyl (C=O) groups is 1. The van der Waals surface area contributed by atoms with Crippen LogP contribution >= 0.6 is 0 Å². The van der Waals surface area contributed by atoms with E-state index in [1.165, 1.54) is 25.4 Å². The fourth-order valence-corrected chi connectivity index (χ4v) is 2.38. The van der Waals surface area contributed by atoms with Crippen LogP contribution in [0.4, 0.5) is 13.2 Å². The molecule has 2 rings (SSSR count). The van der Waals surface area contributed by atoms with Crippen LogP contribution in [0.15, 0.2) is 36.5 Å². The molecule has 0 saturated heterocycles. The number of rotatable bonds is 6. The van der Waals surface area contributed by atoms with Crippen molar-refractivity contribution in [2.24, 2.45) is 0 Å². The van der Waals surface area contributed by atoms with Gasteiger partial charge in [-0.25, -0.2) is 0 Å². The molecule has 0 aliphatic rings. The van der Waals surface area contributed by atoms with Crippen molar-refractivity contribution < 1.29 is 27.4 Å². The molecule has 0 aliphatic heterocycles. The third-order valence-electron chi connectivity index (χ3n) is 3.94. The van der Waals surface area contributed by atoms with Gasteiger partial charge in [0.15, 0.2) is 6.61 Å². The van der Waals surface area contributed by atoms with Crippen LogP contribution in [0.3, 0.4) is 0 Å². The lowest BCUT2D eigenvalue weighted by molar-refractivity contribution is -0.153. The van der Waals surface area contributed by atoms with Crippen LogP contribution in [-0.4, -0.2) is 30.8 Å². The predicted molar refractivity (Wildman–Crippen MR) is 98.7 cm³/mol. The lowest BCUT2D eigenvalue weighted by atomic mass is 9.86. The van der Waals surface area contributed by atoms with Crippen molar-refractivity contribution in [2.45, 2.75) is 38.9 Å². The number of pyridine rings is 1. The number of hydrogen-bond donors (Lipinski definition) is 1. The SMILES string of the molecule is COc1cc(C(C)(C)C)ccc1C(=O)NCc1ccc(OCC(F)(F)F)cn1. The molecule has 0 atom stereocenters. The summed E-state index contributed by atoms with van der Waals surface area (Å²) in [5.41, 5.74) is 1.83. The Kier molecular flexibility index (Phi) is 6.53. The zero-order valence-electron chi connectivity index (χ0n) is 16.2. The highest BCUT2D eigenvalue weighted by atomic mass is 19.4. The number of ether oxygens (including phenoxy) is 2. The first kappa shape index (κ1) is 21.5. The van der Waals surface area contributed by atoms with Crippen LogP contribution < -0.4 is 14.8 Å². The predicted octanol–water partition coefficient (Wildman–Crippen LogP) is 4.26. The first-order valence-electron chi connectivity index (χ1n) is 8.61. The van der Waals surface area contributed by atoms with E-state index < -0.39 is 12.8 Å². The topological polar surface area (TPSA) is 60.5 Å². The number of amides is 1. The summed E-state index contributed by atoms with van der Waals surface area (Å²) in [5.74, 6) is 0.136. The summed E-state index contributed by atoms with van der Waals surface area (Å²) < 4.78 is 46.4. The van der Waals surface area contributed by atoms with Gasteiger partial charge in [-0.3, -0.25) is 9.78 Å². The van der Waals surface area contributed by atoms with E-state index in [1.807, 2.05) is 12.1 Å². The number of alkyl halides is 3. The van der Waals surface area contributed by atoms with Crippen LogP contribution in [0.25, 0.3) is 0 Å². The van der Waals surface area contributed by atoms with E-state index in [0.717, 1.165) is 5.56 Å². The summed E-state index contributed by atoms with van der Waals surface area (Å²) in [6, 6.07) is 8.28. The highest BCUT2D eigenvalue weighted by Crippen LogP contribution is 2.28. The zero-order chi connectivity index (χ0) is 20.9.